The average molecular weight is 276 g/mol. The first-order valence-electron chi connectivity index (χ1n) is 5.95. The quantitative estimate of drug-likeness (QED) is 0.763. The molecular weight excluding hydrogens is 268 g/mol. The highest BCUT2D eigenvalue weighted by Gasteiger charge is 2.17. The highest BCUT2D eigenvalue weighted by molar-refractivity contribution is 5.79. The summed E-state index contributed by atoms with van der Waals surface area (Å²) in [6.45, 7) is 0. The maximum atomic E-state index is 9.38. The molecule has 7 nitrogen and oxygen atoms in total. The molecular formula is C14H8N6O. The fraction of sp³-hybridized carbons (Fsp3) is 0.0714. The first kappa shape index (κ1) is 12.6. The summed E-state index contributed by atoms with van der Waals surface area (Å²) >= 11 is 0. The number of nitrogens with one attached hydrogen (secondary N) is 1. The van der Waals surface area contributed by atoms with E-state index in [2.05, 4.69) is 26.0 Å². The van der Waals surface area contributed by atoms with Crippen molar-refractivity contribution >= 4 is 11.2 Å². The second-order valence-corrected chi connectivity index (χ2v) is 4.14. The lowest BCUT2D eigenvalue weighted by Crippen LogP contribution is -1.96. The minimum absolute atomic E-state index is 0.240. The van der Waals surface area contributed by atoms with Crippen molar-refractivity contribution in [2.24, 2.45) is 0 Å². The SMILES string of the molecule is COc1c(C#N)ccc(-c2nc3ncncc3[nH]2)c1C#N. The summed E-state index contributed by atoms with van der Waals surface area (Å²) < 4.78 is 5.18. The van der Waals surface area contributed by atoms with Gasteiger partial charge < -0.3 is 9.72 Å². The number of ether oxygens (including phenoxy) is 1. The molecule has 0 amide bonds. The van der Waals surface area contributed by atoms with Crippen molar-refractivity contribution < 1.29 is 4.74 Å². The molecule has 0 atom stereocenters. The number of rotatable bonds is 2. The van der Waals surface area contributed by atoms with E-state index < -0.39 is 0 Å². The predicted molar refractivity (Wildman–Crippen MR) is 73.1 cm³/mol. The van der Waals surface area contributed by atoms with E-state index in [9.17, 15) is 5.26 Å². The Balaban J connectivity index is 2.28. The van der Waals surface area contributed by atoms with Crippen molar-refractivity contribution in [2.75, 3.05) is 7.11 Å². The highest BCUT2D eigenvalue weighted by atomic mass is 16.5. The van der Waals surface area contributed by atoms with Crippen LogP contribution < -0.4 is 4.74 Å². The van der Waals surface area contributed by atoms with Gasteiger partial charge >= 0.3 is 0 Å². The molecule has 21 heavy (non-hydrogen) atoms. The van der Waals surface area contributed by atoms with Crippen LogP contribution in [0.5, 0.6) is 5.75 Å². The Morgan fingerprint density at radius 3 is 2.76 bits per heavy atom. The largest absolute Gasteiger partial charge is 0.494 e. The average Bonchev–Trinajstić information content (AvgIpc) is 2.96. The van der Waals surface area contributed by atoms with Crippen molar-refractivity contribution in [3.63, 3.8) is 0 Å². The number of fused-ring (bicyclic) bond motifs is 1. The molecule has 0 spiro atoms. The van der Waals surface area contributed by atoms with Crippen LogP contribution in [0.15, 0.2) is 24.7 Å². The van der Waals surface area contributed by atoms with Crippen molar-refractivity contribution in [1.82, 2.24) is 19.9 Å². The molecule has 7 heteroatoms. The Kier molecular flexibility index (Phi) is 2.94. The number of hydrogen-bond donors (Lipinski definition) is 1. The topological polar surface area (TPSA) is 111 Å². The first-order valence-corrected chi connectivity index (χ1v) is 5.95. The molecule has 0 radical (unpaired) electrons. The summed E-state index contributed by atoms with van der Waals surface area (Å²) in [5.74, 6) is 0.717. The third-order valence-electron chi connectivity index (χ3n) is 3.01. The monoisotopic (exact) mass is 276 g/mol. The van der Waals surface area contributed by atoms with Gasteiger partial charge in [-0.1, -0.05) is 0 Å². The number of methoxy groups -OCH3 is 1. The van der Waals surface area contributed by atoms with Gasteiger partial charge in [0.1, 0.15) is 35.4 Å². The Morgan fingerprint density at radius 1 is 1.24 bits per heavy atom. The van der Waals surface area contributed by atoms with Gasteiger partial charge in [0.25, 0.3) is 0 Å². The molecule has 0 aliphatic heterocycles. The molecule has 0 fully saturated rings. The fourth-order valence-corrected chi connectivity index (χ4v) is 2.08. The van der Waals surface area contributed by atoms with Gasteiger partial charge in [0.2, 0.25) is 0 Å². The van der Waals surface area contributed by atoms with Gasteiger partial charge in [0, 0.05) is 5.56 Å². The van der Waals surface area contributed by atoms with E-state index in [1.54, 1.807) is 18.3 Å². The van der Waals surface area contributed by atoms with Crippen molar-refractivity contribution in [3.8, 4) is 29.3 Å². The standard InChI is InChI=1S/C14H8N6O/c1-21-12-8(4-15)2-3-9(10(12)5-16)13-19-11-6-17-7-18-14(11)20-13/h2-3,6-7H,1H3,(H,17,18,19,20). The van der Waals surface area contributed by atoms with E-state index in [0.717, 1.165) is 0 Å². The van der Waals surface area contributed by atoms with Gasteiger partial charge in [-0.3, -0.25) is 0 Å². The van der Waals surface area contributed by atoms with E-state index in [4.69, 9.17) is 10.00 Å². The Morgan fingerprint density at radius 2 is 2.10 bits per heavy atom. The molecule has 3 aromatic rings. The van der Waals surface area contributed by atoms with Gasteiger partial charge in [-0.15, -0.1) is 0 Å². The normalized spacial score (nSPS) is 10.0. The molecule has 100 valence electrons. The lowest BCUT2D eigenvalue weighted by atomic mass is 10.0. The summed E-state index contributed by atoms with van der Waals surface area (Å²) in [6.07, 6.45) is 3.00. The second kappa shape index (κ2) is 4.91. The van der Waals surface area contributed by atoms with Crippen LogP contribution in [0.1, 0.15) is 11.1 Å². The number of nitrogens with zero attached hydrogens (tertiary/aromatic N) is 5. The van der Waals surface area contributed by atoms with Crippen LogP contribution in [0.3, 0.4) is 0 Å². The smallest absolute Gasteiger partial charge is 0.181 e. The minimum Gasteiger partial charge on any atom is -0.494 e. The Labute approximate surface area is 119 Å². The molecule has 1 N–H and O–H groups in total. The number of aromatic amines is 1. The molecule has 2 heterocycles. The maximum Gasteiger partial charge on any atom is 0.181 e. The molecule has 0 aliphatic carbocycles. The molecule has 3 rings (SSSR count). The van der Waals surface area contributed by atoms with Crippen LogP contribution in [0.2, 0.25) is 0 Å². The van der Waals surface area contributed by atoms with Gasteiger partial charge in [-0.2, -0.15) is 10.5 Å². The van der Waals surface area contributed by atoms with Crippen molar-refractivity contribution in [2.45, 2.75) is 0 Å². The van der Waals surface area contributed by atoms with Gasteiger partial charge in [-0.25, -0.2) is 15.0 Å². The zero-order valence-electron chi connectivity index (χ0n) is 11.0. The van der Waals surface area contributed by atoms with Crippen LogP contribution in [-0.2, 0) is 0 Å². The number of nitriles is 2. The number of imidazole rings is 1. The zero-order chi connectivity index (χ0) is 14.8. The first-order chi connectivity index (χ1) is 10.3. The zero-order valence-corrected chi connectivity index (χ0v) is 11.0. The van der Waals surface area contributed by atoms with Crippen molar-refractivity contribution in [3.05, 3.63) is 35.8 Å². The summed E-state index contributed by atoms with van der Waals surface area (Å²) in [5.41, 5.74) is 2.27. The molecule has 0 bridgehead atoms. The summed E-state index contributed by atoms with van der Waals surface area (Å²) in [5, 5.41) is 18.4. The molecule has 0 saturated heterocycles. The second-order valence-electron chi connectivity index (χ2n) is 4.14. The number of aromatic nitrogens is 4. The van der Waals surface area contributed by atoms with Gasteiger partial charge in [0.05, 0.1) is 18.9 Å². The lowest BCUT2D eigenvalue weighted by molar-refractivity contribution is 0.412. The highest BCUT2D eigenvalue weighted by Crippen LogP contribution is 2.32. The van der Waals surface area contributed by atoms with Crippen molar-refractivity contribution in [1.29, 1.82) is 10.5 Å². The van der Waals surface area contributed by atoms with E-state index in [1.165, 1.54) is 13.4 Å². The summed E-state index contributed by atoms with van der Waals surface area (Å²) in [4.78, 5) is 15.3. The molecule has 0 unspecified atom stereocenters. The minimum atomic E-state index is 0.240. The predicted octanol–water partition coefficient (Wildman–Crippen LogP) is 1.77. The van der Waals surface area contributed by atoms with Crippen LogP contribution in [-0.4, -0.2) is 27.0 Å². The third-order valence-corrected chi connectivity index (χ3v) is 3.01. The van der Waals surface area contributed by atoms with Gasteiger partial charge in [-0.05, 0) is 12.1 Å². The number of hydrogen-bond acceptors (Lipinski definition) is 6. The number of benzene rings is 1. The van der Waals surface area contributed by atoms with Crippen LogP contribution in [0, 0.1) is 22.7 Å². The van der Waals surface area contributed by atoms with E-state index in [-0.39, 0.29) is 11.3 Å². The fourth-order valence-electron chi connectivity index (χ4n) is 2.08. The van der Waals surface area contributed by atoms with E-state index in [0.29, 0.717) is 28.1 Å². The Hall–Kier alpha value is -3.45. The van der Waals surface area contributed by atoms with Crippen LogP contribution in [0.4, 0.5) is 0 Å². The van der Waals surface area contributed by atoms with Crippen LogP contribution >= 0.6 is 0 Å². The van der Waals surface area contributed by atoms with Crippen LogP contribution in [0.25, 0.3) is 22.6 Å². The Bertz CT molecular complexity index is 882. The summed E-state index contributed by atoms with van der Waals surface area (Å²) in [6, 6.07) is 7.31. The molecule has 2 aromatic heterocycles. The third kappa shape index (κ3) is 1.94. The lowest BCUT2D eigenvalue weighted by Gasteiger charge is -2.08. The summed E-state index contributed by atoms with van der Waals surface area (Å²) in [7, 11) is 1.42. The van der Waals surface area contributed by atoms with E-state index in [1.807, 2.05) is 6.07 Å². The van der Waals surface area contributed by atoms with Gasteiger partial charge in [0.15, 0.2) is 11.4 Å². The van der Waals surface area contributed by atoms with E-state index >= 15 is 0 Å². The molecule has 0 aliphatic rings. The molecule has 0 saturated carbocycles. The number of H-pyrrole nitrogens is 1. The molecule has 1 aromatic carbocycles. The maximum absolute atomic E-state index is 9.38.